The van der Waals surface area contributed by atoms with Crippen molar-refractivity contribution in [1.29, 1.82) is 0 Å². The summed E-state index contributed by atoms with van der Waals surface area (Å²) in [4.78, 5) is 0. The molecule has 78 valence electrons. The molecule has 0 saturated carbocycles. The Bertz CT molecular complexity index is 304. The Labute approximate surface area is 80.5 Å². The van der Waals surface area contributed by atoms with Crippen molar-refractivity contribution in [2.24, 2.45) is 0 Å². The molecule has 0 heterocycles. The Morgan fingerprint density at radius 3 is 2.36 bits per heavy atom. The van der Waals surface area contributed by atoms with Crippen LogP contribution in [0.4, 0.5) is 13.2 Å². The lowest BCUT2D eigenvalue weighted by Crippen LogP contribution is -2.08. The van der Waals surface area contributed by atoms with Crippen LogP contribution in [0.3, 0.4) is 0 Å². The minimum atomic E-state index is -4.31. The van der Waals surface area contributed by atoms with Crippen molar-refractivity contribution in [3.05, 3.63) is 29.8 Å². The van der Waals surface area contributed by atoms with Crippen LogP contribution in [0.1, 0.15) is 19.4 Å². The predicted molar refractivity (Wildman–Crippen MR) is 47.2 cm³/mol. The zero-order chi connectivity index (χ0) is 10.8. The first-order chi connectivity index (χ1) is 6.39. The van der Waals surface area contributed by atoms with E-state index in [2.05, 4.69) is 0 Å². The van der Waals surface area contributed by atoms with Gasteiger partial charge in [-0.05, 0) is 32.0 Å². The Morgan fingerprint density at radius 1 is 1.21 bits per heavy atom. The molecular formula is C10H11F3O. The molecule has 0 unspecified atom stereocenters. The van der Waals surface area contributed by atoms with Gasteiger partial charge in [0.15, 0.2) is 0 Å². The maximum Gasteiger partial charge on any atom is 0.416 e. The summed E-state index contributed by atoms with van der Waals surface area (Å²) >= 11 is 0. The van der Waals surface area contributed by atoms with Crippen LogP contribution in [0.25, 0.3) is 0 Å². The minimum absolute atomic E-state index is 0.126. The lowest BCUT2D eigenvalue weighted by atomic mass is 10.2. The van der Waals surface area contributed by atoms with Gasteiger partial charge in [0.25, 0.3) is 0 Å². The fourth-order valence-corrected chi connectivity index (χ4v) is 1.02. The highest BCUT2D eigenvalue weighted by Crippen LogP contribution is 2.31. The number of benzene rings is 1. The summed E-state index contributed by atoms with van der Waals surface area (Å²) < 4.78 is 41.9. The molecule has 1 nitrogen and oxygen atoms in total. The number of hydrogen-bond acceptors (Lipinski definition) is 1. The van der Waals surface area contributed by atoms with Crippen molar-refractivity contribution in [3.63, 3.8) is 0 Å². The molecule has 1 aromatic rings. The monoisotopic (exact) mass is 204 g/mol. The van der Waals surface area contributed by atoms with Crippen molar-refractivity contribution >= 4 is 0 Å². The van der Waals surface area contributed by atoms with E-state index in [1.165, 1.54) is 12.1 Å². The average Bonchev–Trinajstić information content (AvgIpc) is 2.01. The molecule has 14 heavy (non-hydrogen) atoms. The molecular weight excluding hydrogens is 193 g/mol. The Kier molecular flexibility index (Phi) is 3.03. The van der Waals surface area contributed by atoms with E-state index in [-0.39, 0.29) is 11.9 Å². The van der Waals surface area contributed by atoms with Gasteiger partial charge in [-0.1, -0.05) is 6.07 Å². The third kappa shape index (κ3) is 2.94. The van der Waals surface area contributed by atoms with E-state index in [9.17, 15) is 13.2 Å². The molecule has 4 heteroatoms. The fourth-order valence-electron chi connectivity index (χ4n) is 1.02. The van der Waals surface area contributed by atoms with E-state index >= 15 is 0 Å². The maximum atomic E-state index is 12.2. The normalized spacial score (nSPS) is 11.9. The number of halogens is 3. The maximum absolute atomic E-state index is 12.2. The van der Waals surface area contributed by atoms with Gasteiger partial charge in [-0.25, -0.2) is 0 Å². The predicted octanol–water partition coefficient (Wildman–Crippen LogP) is 3.49. The number of ether oxygens (including phenoxy) is 1. The van der Waals surface area contributed by atoms with Crippen LogP contribution in [0.2, 0.25) is 0 Å². The van der Waals surface area contributed by atoms with Gasteiger partial charge < -0.3 is 4.74 Å². The van der Waals surface area contributed by atoms with Crippen LogP contribution in [0.5, 0.6) is 5.75 Å². The smallest absolute Gasteiger partial charge is 0.416 e. The van der Waals surface area contributed by atoms with Crippen molar-refractivity contribution in [2.45, 2.75) is 26.1 Å². The van der Waals surface area contributed by atoms with Gasteiger partial charge >= 0.3 is 6.18 Å². The van der Waals surface area contributed by atoms with Crippen LogP contribution < -0.4 is 4.74 Å². The quantitative estimate of drug-likeness (QED) is 0.716. The second-order valence-corrected chi connectivity index (χ2v) is 3.19. The van der Waals surface area contributed by atoms with E-state index in [0.717, 1.165) is 12.1 Å². The second kappa shape index (κ2) is 3.90. The van der Waals surface area contributed by atoms with Crippen molar-refractivity contribution in [1.82, 2.24) is 0 Å². The first-order valence-electron chi connectivity index (χ1n) is 4.23. The van der Waals surface area contributed by atoms with E-state index in [1.807, 2.05) is 0 Å². The second-order valence-electron chi connectivity index (χ2n) is 3.19. The summed E-state index contributed by atoms with van der Waals surface area (Å²) in [6.45, 7) is 3.53. The first-order valence-corrected chi connectivity index (χ1v) is 4.23. The highest BCUT2D eigenvalue weighted by Gasteiger charge is 2.30. The molecule has 0 aliphatic rings. The average molecular weight is 204 g/mol. The zero-order valence-corrected chi connectivity index (χ0v) is 7.93. The van der Waals surface area contributed by atoms with E-state index in [4.69, 9.17) is 4.74 Å². The molecule has 0 saturated heterocycles. The van der Waals surface area contributed by atoms with Crippen LogP contribution in [-0.4, -0.2) is 6.10 Å². The van der Waals surface area contributed by atoms with E-state index in [1.54, 1.807) is 13.8 Å². The van der Waals surface area contributed by atoms with Gasteiger partial charge in [0.2, 0.25) is 0 Å². The summed E-state index contributed by atoms with van der Waals surface area (Å²) in [6.07, 6.45) is -4.44. The molecule has 0 aliphatic carbocycles. The SMILES string of the molecule is CC(C)Oc1cccc(C(F)(F)F)c1. The molecule has 0 fully saturated rings. The van der Waals surface area contributed by atoms with Gasteiger partial charge in [-0.15, -0.1) is 0 Å². The summed E-state index contributed by atoms with van der Waals surface area (Å²) in [5, 5.41) is 0. The van der Waals surface area contributed by atoms with Crippen LogP contribution in [0.15, 0.2) is 24.3 Å². The summed E-state index contributed by atoms with van der Waals surface area (Å²) in [6, 6.07) is 4.86. The highest BCUT2D eigenvalue weighted by atomic mass is 19.4. The van der Waals surface area contributed by atoms with E-state index < -0.39 is 11.7 Å². The molecule has 1 rings (SSSR count). The standard InChI is InChI=1S/C10H11F3O/c1-7(2)14-9-5-3-4-8(6-9)10(11,12)13/h3-7H,1-2H3. The van der Waals surface area contributed by atoms with E-state index in [0.29, 0.717) is 0 Å². The van der Waals surface area contributed by atoms with Gasteiger partial charge in [0.1, 0.15) is 5.75 Å². The third-order valence-corrected chi connectivity index (χ3v) is 1.53. The number of hydrogen-bond donors (Lipinski definition) is 0. The topological polar surface area (TPSA) is 9.23 Å². The first kappa shape index (κ1) is 10.9. The van der Waals surface area contributed by atoms with Crippen LogP contribution in [0, 0.1) is 0 Å². The summed E-state index contributed by atoms with van der Waals surface area (Å²) in [5.74, 6) is 0.245. The largest absolute Gasteiger partial charge is 0.491 e. The minimum Gasteiger partial charge on any atom is -0.491 e. The van der Waals surface area contributed by atoms with Gasteiger partial charge in [-0.2, -0.15) is 13.2 Å². The van der Waals surface area contributed by atoms with Gasteiger partial charge in [0.05, 0.1) is 11.7 Å². The molecule has 0 amide bonds. The van der Waals surface area contributed by atoms with Crippen LogP contribution in [-0.2, 0) is 6.18 Å². The Balaban J connectivity index is 2.90. The zero-order valence-electron chi connectivity index (χ0n) is 7.93. The molecule has 1 aromatic carbocycles. The van der Waals surface area contributed by atoms with Crippen LogP contribution >= 0.6 is 0 Å². The van der Waals surface area contributed by atoms with Gasteiger partial charge in [0, 0.05) is 0 Å². The molecule has 0 N–H and O–H groups in total. The van der Waals surface area contributed by atoms with Gasteiger partial charge in [-0.3, -0.25) is 0 Å². The Hall–Kier alpha value is -1.19. The third-order valence-electron chi connectivity index (χ3n) is 1.53. The summed E-state index contributed by atoms with van der Waals surface area (Å²) in [7, 11) is 0. The van der Waals surface area contributed by atoms with Crippen molar-refractivity contribution in [3.8, 4) is 5.75 Å². The van der Waals surface area contributed by atoms with Crippen molar-refractivity contribution in [2.75, 3.05) is 0 Å². The fraction of sp³-hybridized carbons (Fsp3) is 0.400. The van der Waals surface area contributed by atoms with Crippen molar-refractivity contribution < 1.29 is 17.9 Å². The highest BCUT2D eigenvalue weighted by molar-refractivity contribution is 5.30. The lowest BCUT2D eigenvalue weighted by molar-refractivity contribution is -0.137. The Morgan fingerprint density at radius 2 is 1.86 bits per heavy atom. The molecule has 0 bridgehead atoms. The molecule has 0 aliphatic heterocycles. The summed E-state index contributed by atoms with van der Waals surface area (Å²) in [5.41, 5.74) is -0.685. The molecule has 0 atom stereocenters. The lowest BCUT2D eigenvalue weighted by Gasteiger charge is -2.12. The molecule has 0 radical (unpaired) electrons. The number of alkyl halides is 3. The molecule has 0 spiro atoms. The number of rotatable bonds is 2. The molecule has 0 aromatic heterocycles.